The third-order valence-electron chi connectivity index (χ3n) is 5.12. The van der Waals surface area contributed by atoms with Crippen LogP contribution in [-0.2, 0) is 23.6 Å². The summed E-state index contributed by atoms with van der Waals surface area (Å²) in [5.74, 6) is -0.135. The average molecular weight is 383 g/mol. The van der Waals surface area contributed by atoms with E-state index >= 15 is 0 Å². The van der Waals surface area contributed by atoms with E-state index in [0.29, 0.717) is 26.3 Å². The zero-order valence-corrected chi connectivity index (χ0v) is 15.7. The van der Waals surface area contributed by atoms with Crippen molar-refractivity contribution in [3.63, 3.8) is 0 Å². The van der Waals surface area contributed by atoms with Gasteiger partial charge in [0.1, 0.15) is 6.04 Å². The molecule has 1 atom stereocenters. The Balaban J connectivity index is 1.94. The van der Waals surface area contributed by atoms with Gasteiger partial charge in [-0.1, -0.05) is 30.3 Å². The molecular formula is C19H21N5O4. The lowest BCUT2D eigenvalue weighted by atomic mass is 10.0. The van der Waals surface area contributed by atoms with E-state index in [4.69, 9.17) is 4.74 Å². The molecule has 1 aliphatic rings. The van der Waals surface area contributed by atoms with Crippen LogP contribution in [0.25, 0.3) is 11.2 Å². The molecule has 9 nitrogen and oxygen atoms in total. The maximum absolute atomic E-state index is 13.4. The molecule has 9 heteroatoms. The van der Waals surface area contributed by atoms with Crippen LogP contribution in [0.3, 0.4) is 0 Å². The molecule has 1 amide bonds. The molecule has 28 heavy (non-hydrogen) atoms. The normalized spacial score (nSPS) is 15.7. The van der Waals surface area contributed by atoms with Crippen LogP contribution < -0.4 is 11.2 Å². The van der Waals surface area contributed by atoms with Gasteiger partial charge in [0.05, 0.1) is 19.5 Å². The van der Waals surface area contributed by atoms with Crippen LogP contribution in [-0.4, -0.2) is 55.8 Å². The molecule has 3 aromatic rings. The van der Waals surface area contributed by atoms with Gasteiger partial charge < -0.3 is 14.2 Å². The Morgan fingerprint density at radius 1 is 1.07 bits per heavy atom. The largest absolute Gasteiger partial charge is 0.378 e. The monoisotopic (exact) mass is 383 g/mol. The molecule has 2 aromatic heterocycles. The Morgan fingerprint density at radius 2 is 1.75 bits per heavy atom. The second kappa shape index (κ2) is 7.08. The molecule has 3 heterocycles. The molecule has 0 radical (unpaired) electrons. The molecule has 146 valence electrons. The van der Waals surface area contributed by atoms with Gasteiger partial charge in [0.15, 0.2) is 11.2 Å². The first-order valence-corrected chi connectivity index (χ1v) is 9.04. The van der Waals surface area contributed by atoms with E-state index in [9.17, 15) is 14.4 Å². The van der Waals surface area contributed by atoms with Crippen LogP contribution in [0.15, 0.2) is 46.2 Å². The van der Waals surface area contributed by atoms with Gasteiger partial charge in [0, 0.05) is 27.2 Å². The summed E-state index contributed by atoms with van der Waals surface area (Å²) in [5.41, 5.74) is 0.280. The van der Waals surface area contributed by atoms with Crippen LogP contribution in [0.4, 0.5) is 0 Å². The maximum atomic E-state index is 13.4. The fraction of sp³-hybridized carbons (Fsp3) is 0.368. The minimum absolute atomic E-state index is 0.135. The topological polar surface area (TPSA) is 91.4 Å². The second-order valence-corrected chi connectivity index (χ2v) is 6.78. The van der Waals surface area contributed by atoms with Gasteiger partial charge >= 0.3 is 5.69 Å². The first-order valence-electron chi connectivity index (χ1n) is 9.04. The predicted octanol–water partition coefficient (Wildman–Crippen LogP) is -0.118. The van der Waals surface area contributed by atoms with Gasteiger partial charge in [-0.05, 0) is 5.56 Å². The summed E-state index contributed by atoms with van der Waals surface area (Å²) in [4.78, 5) is 44.5. The van der Waals surface area contributed by atoms with E-state index in [1.54, 1.807) is 16.5 Å². The molecule has 0 saturated carbocycles. The highest BCUT2D eigenvalue weighted by atomic mass is 16.5. The summed E-state index contributed by atoms with van der Waals surface area (Å²) in [6, 6.07) is 8.51. The van der Waals surface area contributed by atoms with Crippen LogP contribution >= 0.6 is 0 Å². The summed E-state index contributed by atoms with van der Waals surface area (Å²) in [6.45, 7) is 1.94. The highest BCUT2D eigenvalue weighted by molar-refractivity contribution is 5.86. The number of morpholine rings is 1. The molecule has 0 aliphatic carbocycles. The first-order chi connectivity index (χ1) is 13.5. The van der Waals surface area contributed by atoms with Crippen molar-refractivity contribution in [2.75, 3.05) is 26.3 Å². The number of hydrogen-bond acceptors (Lipinski definition) is 5. The molecule has 0 spiro atoms. The fourth-order valence-electron chi connectivity index (χ4n) is 3.57. The average Bonchev–Trinajstić information content (AvgIpc) is 3.17. The van der Waals surface area contributed by atoms with Gasteiger partial charge in [-0.25, -0.2) is 9.78 Å². The zero-order chi connectivity index (χ0) is 19.8. The number of carbonyl (C=O) groups excluding carboxylic acids is 1. The molecule has 1 fully saturated rings. The number of aromatic nitrogens is 4. The summed E-state index contributed by atoms with van der Waals surface area (Å²) >= 11 is 0. The molecule has 1 aliphatic heterocycles. The Kier molecular flexibility index (Phi) is 4.60. The zero-order valence-electron chi connectivity index (χ0n) is 15.7. The number of ether oxygens (including phenoxy) is 1. The lowest BCUT2D eigenvalue weighted by Gasteiger charge is -2.31. The first kappa shape index (κ1) is 18.2. The number of benzene rings is 1. The maximum Gasteiger partial charge on any atom is 0.332 e. The Labute approximate surface area is 160 Å². The summed E-state index contributed by atoms with van der Waals surface area (Å²) in [5, 5.41) is 0. The van der Waals surface area contributed by atoms with E-state index in [-0.39, 0.29) is 17.1 Å². The van der Waals surface area contributed by atoms with E-state index in [1.165, 1.54) is 17.9 Å². The Morgan fingerprint density at radius 3 is 2.43 bits per heavy atom. The number of nitrogens with zero attached hydrogens (tertiary/aromatic N) is 5. The van der Waals surface area contributed by atoms with E-state index < -0.39 is 17.3 Å². The minimum Gasteiger partial charge on any atom is -0.378 e. The quantitative estimate of drug-likeness (QED) is 0.629. The number of carbonyl (C=O) groups is 1. The van der Waals surface area contributed by atoms with Gasteiger partial charge in [-0.2, -0.15) is 0 Å². The third kappa shape index (κ3) is 2.84. The van der Waals surface area contributed by atoms with Crippen molar-refractivity contribution in [2.45, 2.75) is 6.04 Å². The molecule has 4 rings (SSSR count). The number of fused-ring (bicyclic) bond motifs is 1. The van der Waals surface area contributed by atoms with Crippen molar-refractivity contribution in [1.29, 1.82) is 0 Å². The highest BCUT2D eigenvalue weighted by Crippen LogP contribution is 2.24. The summed E-state index contributed by atoms with van der Waals surface area (Å²) in [7, 11) is 2.98. The van der Waals surface area contributed by atoms with Crippen LogP contribution in [0, 0.1) is 0 Å². The Hall–Kier alpha value is -3.20. The SMILES string of the molecule is Cn1c(=O)c2c(ncn2C(C(=O)N2CCOCC2)c2ccccc2)n(C)c1=O. The number of aryl methyl sites for hydroxylation is 1. The molecule has 0 N–H and O–H groups in total. The highest BCUT2D eigenvalue weighted by Gasteiger charge is 2.31. The molecule has 1 saturated heterocycles. The van der Waals surface area contributed by atoms with E-state index in [1.807, 2.05) is 30.3 Å². The second-order valence-electron chi connectivity index (χ2n) is 6.78. The van der Waals surface area contributed by atoms with Crippen molar-refractivity contribution in [1.82, 2.24) is 23.6 Å². The minimum atomic E-state index is -0.755. The summed E-state index contributed by atoms with van der Waals surface area (Å²) < 4.78 is 9.27. The number of hydrogen-bond donors (Lipinski definition) is 0. The smallest absolute Gasteiger partial charge is 0.332 e. The standard InChI is InChI=1S/C19H21N5O4/c1-21-16-15(17(25)22(2)19(21)27)24(12-20-16)14(13-6-4-3-5-7-13)18(26)23-8-10-28-11-9-23/h3-7,12,14H,8-11H2,1-2H3. The van der Waals surface area contributed by atoms with Crippen LogP contribution in [0.2, 0.25) is 0 Å². The number of amides is 1. The van der Waals surface area contributed by atoms with Crippen LogP contribution in [0.5, 0.6) is 0 Å². The Bertz CT molecular complexity index is 1140. The van der Waals surface area contributed by atoms with Crippen molar-refractivity contribution in [3.8, 4) is 0 Å². The lowest BCUT2D eigenvalue weighted by Crippen LogP contribution is -2.45. The molecule has 1 aromatic carbocycles. The lowest BCUT2D eigenvalue weighted by molar-refractivity contribution is -0.137. The molecule has 0 bridgehead atoms. The molecule has 1 unspecified atom stereocenters. The fourth-order valence-corrected chi connectivity index (χ4v) is 3.57. The van der Waals surface area contributed by atoms with Crippen molar-refractivity contribution >= 4 is 17.1 Å². The van der Waals surface area contributed by atoms with Gasteiger partial charge in [-0.3, -0.25) is 18.7 Å². The van der Waals surface area contributed by atoms with Crippen molar-refractivity contribution < 1.29 is 9.53 Å². The number of rotatable bonds is 3. The van der Waals surface area contributed by atoms with Crippen molar-refractivity contribution in [3.05, 3.63) is 63.1 Å². The van der Waals surface area contributed by atoms with E-state index in [0.717, 1.165) is 10.1 Å². The van der Waals surface area contributed by atoms with Gasteiger partial charge in [0.2, 0.25) is 5.91 Å². The number of imidazole rings is 1. The van der Waals surface area contributed by atoms with E-state index in [2.05, 4.69) is 4.98 Å². The third-order valence-corrected chi connectivity index (χ3v) is 5.12. The van der Waals surface area contributed by atoms with Gasteiger partial charge in [-0.15, -0.1) is 0 Å². The summed E-state index contributed by atoms with van der Waals surface area (Å²) in [6.07, 6.45) is 1.46. The predicted molar refractivity (Wildman–Crippen MR) is 102 cm³/mol. The van der Waals surface area contributed by atoms with Crippen molar-refractivity contribution in [2.24, 2.45) is 14.1 Å². The van der Waals surface area contributed by atoms with Crippen LogP contribution in [0.1, 0.15) is 11.6 Å². The van der Waals surface area contributed by atoms with Gasteiger partial charge in [0.25, 0.3) is 5.56 Å². The molecular weight excluding hydrogens is 362 g/mol.